The van der Waals surface area contributed by atoms with E-state index in [2.05, 4.69) is 199 Å². The van der Waals surface area contributed by atoms with Gasteiger partial charge in [-0.25, -0.2) is 0 Å². The summed E-state index contributed by atoms with van der Waals surface area (Å²) in [6.07, 6.45) is 0. The van der Waals surface area contributed by atoms with Crippen molar-refractivity contribution in [3.63, 3.8) is 0 Å². The molecule has 1 aromatic heterocycles. The summed E-state index contributed by atoms with van der Waals surface area (Å²) in [6.45, 7) is 0. The molecule has 0 aliphatic carbocycles. The molecule has 0 saturated carbocycles. The summed E-state index contributed by atoms with van der Waals surface area (Å²) in [5.41, 5.74) is 7.35. The number of nitrogens with zero attached hydrogens (tertiary/aromatic N) is 1. The first-order valence-electron chi connectivity index (χ1n) is 20.0. The van der Waals surface area contributed by atoms with E-state index in [1.54, 1.807) is 0 Å². The molecule has 0 bridgehead atoms. The summed E-state index contributed by atoms with van der Waals surface area (Å²) in [6, 6.07) is 73.6. The van der Waals surface area contributed by atoms with Crippen LogP contribution in [0.2, 0.25) is 0 Å². The fraction of sp³-hybridized carbons (Fsp3) is 0. The fourth-order valence-electron chi connectivity index (χ4n) is 9.87. The molecule has 0 atom stereocenters. The minimum atomic E-state index is 0.871. The van der Waals surface area contributed by atoms with E-state index in [9.17, 15) is 0 Å². The number of hydrogen-bond acceptors (Lipinski definition) is 2. The highest BCUT2D eigenvalue weighted by atomic mass is 16.3. The maximum absolute atomic E-state index is 6.51. The van der Waals surface area contributed by atoms with Gasteiger partial charge >= 0.3 is 0 Å². The molecule has 0 fully saturated rings. The highest BCUT2D eigenvalue weighted by Gasteiger charge is 2.20. The lowest BCUT2D eigenvalue weighted by atomic mass is 9.87. The Morgan fingerprint density at radius 2 is 0.776 bits per heavy atom. The summed E-state index contributed by atoms with van der Waals surface area (Å²) >= 11 is 0. The molecule has 0 N–H and O–H groups in total. The largest absolute Gasteiger partial charge is 0.456 e. The quantitative estimate of drug-likeness (QED) is 0.167. The van der Waals surface area contributed by atoms with Crippen LogP contribution >= 0.6 is 0 Å². The van der Waals surface area contributed by atoms with Crippen LogP contribution < -0.4 is 4.90 Å². The molecule has 0 amide bonds. The van der Waals surface area contributed by atoms with Gasteiger partial charge in [-0.05, 0) is 135 Å². The number of hydrogen-bond donors (Lipinski definition) is 0. The van der Waals surface area contributed by atoms with E-state index in [0.717, 1.165) is 39.0 Å². The van der Waals surface area contributed by atoms with E-state index in [0.29, 0.717) is 0 Å². The predicted molar refractivity (Wildman–Crippen MR) is 248 cm³/mol. The van der Waals surface area contributed by atoms with Gasteiger partial charge in [0, 0.05) is 33.9 Å². The van der Waals surface area contributed by atoms with E-state index < -0.39 is 0 Å². The van der Waals surface area contributed by atoms with Crippen LogP contribution in [-0.4, -0.2) is 0 Å². The molecule has 2 nitrogen and oxygen atoms in total. The standard InChI is InChI=1S/C56H33NO/c1-2-9-39-30-40(22-18-34(39)8-1)35-24-26-42(27-25-35)57(43-28-29-46-45-13-3-4-17-51(45)58-52(46)33-43)44-31-41-23-21-38-11-6-15-48-47-14-5-10-36-19-20-37-12-7-16-49(55(37)53(36)47)50(32-44)56(41)54(38)48/h1-33H. The van der Waals surface area contributed by atoms with Gasteiger partial charge in [0.15, 0.2) is 0 Å². The molecule has 0 unspecified atom stereocenters. The smallest absolute Gasteiger partial charge is 0.137 e. The Morgan fingerprint density at radius 1 is 0.259 bits per heavy atom. The van der Waals surface area contributed by atoms with Crippen molar-refractivity contribution in [1.82, 2.24) is 0 Å². The lowest BCUT2D eigenvalue weighted by Gasteiger charge is -2.27. The molecule has 0 aliphatic heterocycles. The van der Waals surface area contributed by atoms with E-state index in [4.69, 9.17) is 4.42 Å². The van der Waals surface area contributed by atoms with Gasteiger partial charge in [0.05, 0.1) is 0 Å². The Hall–Kier alpha value is -7.68. The molecule has 2 heteroatoms. The van der Waals surface area contributed by atoms with Gasteiger partial charge in [-0.1, -0.05) is 146 Å². The molecule has 0 aliphatic rings. The predicted octanol–water partition coefficient (Wildman–Crippen LogP) is 16.2. The van der Waals surface area contributed by atoms with Crippen molar-refractivity contribution in [3.05, 3.63) is 200 Å². The molecular weight excluding hydrogens is 703 g/mol. The molecule has 13 rings (SSSR count). The minimum absolute atomic E-state index is 0.871. The van der Waals surface area contributed by atoms with Crippen LogP contribution in [0.5, 0.6) is 0 Å². The molecule has 0 saturated heterocycles. The number of furan rings is 1. The zero-order valence-corrected chi connectivity index (χ0v) is 31.4. The second-order valence-corrected chi connectivity index (χ2v) is 15.7. The van der Waals surface area contributed by atoms with Crippen LogP contribution in [0, 0.1) is 0 Å². The van der Waals surface area contributed by atoms with Crippen molar-refractivity contribution < 1.29 is 4.42 Å². The molecule has 0 radical (unpaired) electrons. The van der Waals surface area contributed by atoms with E-state index in [1.807, 2.05) is 6.07 Å². The molecule has 13 aromatic rings. The molecule has 12 aromatic carbocycles. The summed E-state index contributed by atoms with van der Waals surface area (Å²) in [5.74, 6) is 0. The number of rotatable bonds is 4. The third-order valence-electron chi connectivity index (χ3n) is 12.5. The molecule has 268 valence electrons. The fourth-order valence-corrected chi connectivity index (χ4v) is 9.87. The van der Waals surface area contributed by atoms with Crippen molar-refractivity contribution in [2.24, 2.45) is 0 Å². The number of para-hydroxylation sites is 1. The topological polar surface area (TPSA) is 16.4 Å². The van der Waals surface area contributed by atoms with Crippen LogP contribution in [0.25, 0.3) is 108 Å². The van der Waals surface area contributed by atoms with Crippen molar-refractivity contribution >= 4 is 114 Å². The molecular formula is C56H33NO. The second-order valence-electron chi connectivity index (χ2n) is 15.7. The number of benzene rings is 11. The summed E-state index contributed by atoms with van der Waals surface area (Å²) < 4.78 is 6.51. The number of anilines is 3. The zero-order chi connectivity index (χ0) is 37.9. The lowest BCUT2D eigenvalue weighted by Crippen LogP contribution is -2.10. The third-order valence-corrected chi connectivity index (χ3v) is 12.5. The van der Waals surface area contributed by atoms with Crippen molar-refractivity contribution in [2.45, 2.75) is 0 Å². The van der Waals surface area contributed by atoms with Crippen LogP contribution in [0.3, 0.4) is 0 Å². The average Bonchev–Trinajstić information content (AvgIpc) is 3.65. The van der Waals surface area contributed by atoms with Crippen LogP contribution in [0.1, 0.15) is 0 Å². The van der Waals surface area contributed by atoms with Gasteiger partial charge in [-0.2, -0.15) is 0 Å². The second kappa shape index (κ2) is 11.9. The molecule has 1 heterocycles. The molecule has 58 heavy (non-hydrogen) atoms. The van der Waals surface area contributed by atoms with E-state index >= 15 is 0 Å². The Bertz CT molecular complexity index is 3790. The third kappa shape index (κ3) is 4.54. The van der Waals surface area contributed by atoms with Crippen LogP contribution in [0.15, 0.2) is 205 Å². The Labute approximate surface area is 333 Å². The summed E-state index contributed by atoms with van der Waals surface area (Å²) in [5, 5.41) is 20.0. The Morgan fingerprint density at radius 3 is 1.50 bits per heavy atom. The highest BCUT2D eigenvalue weighted by molar-refractivity contribution is 6.37. The normalized spacial score (nSPS) is 12.1. The minimum Gasteiger partial charge on any atom is -0.456 e. The van der Waals surface area contributed by atoms with Gasteiger partial charge in [0.25, 0.3) is 0 Å². The van der Waals surface area contributed by atoms with Crippen molar-refractivity contribution in [1.29, 1.82) is 0 Å². The van der Waals surface area contributed by atoms with Gasteiger partial charge < -0.3 is 9.32 Å². The zero-order valence-electron chi connectivity index (χ0n) is 31.4. The Balaban J connectivity index is 1.11. The van der Waals surface area contributed by atoms with Gasteiger partial charge in [0.1, 0.15) is 11.2 Å². The van der Waals surface area contributed by atoms with Crippen molar-refractivity contribution in [2.75, 3.05) is 4.90 Å². The highest BCUT2D eigenvalue weighted by Crippen LogP contribution is 2.47. The number of fused-ring (bicyclic) bond motifs is 6. The summed E-state index contributed by atoms with van der Waals surface area (Å²) in [4.78, 5) is 2.40. The lowest BCUT2D eigenvalue weighted by molar-refractivity contribution is 0.669. The first-order valence-corrected chi connectivity index (χ1v) is 20.0. The summed E-state index contributed by atoms with van der Waals surface area (Å²) in [7, 11) is 0. The SMILES string of the molecule is c1ccc2cc(-c3ccc(N(c4ccc5c(c4)oc4ccccc45)c4cc5ccc6cccc7c8cccc9ccc%10cccc(c(c4)c5c67)c%10c98)cc3)ccc2c1. The van der Waals surface area contributed by atoms with Gasteiger partial charge in [-0.3, -0.25) is 0 Å². The van der Waals surface area contributed by atoms with Gasteiger partial charge in [0.2, 0.25) is 0 Å². The van der Waals surface area contributed by atoms with E-state index in [1.165, 1.54) is 86.5 Å². The van der Waals surface area contributed by atoms with Crippen molar-refractivity contribution in [3.8, 4) is 11.1 Å². The van der Waals surface area contributed by atoms with Crippen LogP contribution in [0.4, 0.5) is 17.1 Å². The maximum Gasteiger partial charge on any atom is 0.137 e. The monoisotopic (exact) mass is 735 g/mol. The first-order chi connectivity index (χ1) is 28.7. The van der Waals surface area contributed by atoms with Gasteiger partial charge in [-0.15, -0.1) is 0 Å². The Kier molecular flexibility index (Phi) is 6.47. The van der Waals surface area contributed by atoms with E-state index in [-0.39, 0.29) is 0 Å². The first kappa shape index (κ1) is 31.5. The maximum atomic E-state index is 6.51. The average molecular weight is 736 g/mol. The molecule has 0 spiro atoms. The van der Waals surface area contributed by atoms with Crippen LogP contribution in [-0.2, 0) is 0 Å².